The van der Waals surface area contributed by atoms with E-state index in [0.29, 0.717) is 34.5 Å². The van der Waals surface area contributed by atoms with E-state index in [0.717, 1.165) is 0 Å². The Hall–Kier alpha value is -3.95. The summed E-state index contributed by atoms with van der Waals surface area (Å²) in [7, 11) is 3.12. The van der Waals surface area contributed by atoms with Gasteiger partial charge in [-0.15, -0.1) is 0 Å². The maximum absolute atomic E-state index is 13.2. The van der Waals surface area contributed by atoms with E-state index in [1.807, 2.05) is 0 Å². The normalized spacial score (nSPS) is 10.7. The molecule has 0 spiro atoms. The molecule has 2 heterocycles. The van der Waals surface area contributed by atoms with Gasteiger partial charge < -0.3 is 20.1 Å². The molecule has 4 aromatic rings. The monoisotopic (exact) mass is 382 g/mol. The van der Waals surface area contributed by atoms with Gasteiger partial charge in [0.15, 0.2) is 11.6 Å². The second-order valence-corrected chi connectivity index (χ2v) is 5.66. The predicted octanol–water partition coefficient (Wildman–Crippen LogP) is 3.66. The van der Waals surface area contributed by atoms with E-state index in [1.165, 1.54) is 12.1 Å². The van der Waals surface area contributed by atoms with Crippen LogP contribution in [0.15, 0.2) is 47.1 Å². The predicted molar refractivity (Wildman–Crippen MR) is 99.9 cm³/mol. The molecule has 0 aliphatic rings. The molecule has 142 valence electrons. The number of rotatable bonds is 6. The Balaban J connectivity index is 1.74. The zero-order valence-electron chi connectivity index (χ0n) is 14.9. The van der Waals surface area contributed by atoms with Gasteiger partial charge in [0.25, 0.3) is 0 Å². The molecule has 0 saturated heterocycles. The van der Waals surface area contributed by atoms with Gasteiger partial charge in [-0.1, -0.05) is 0 Å². The third kappa shape index (κ3) is 3.47. The van der Waals surface area contributed by atoms with Gasteiger partial charge in [-0.3, -0.25) is 0 Å². The molecule has 0 amide bonds. The average Bonchev–Trinajstić information content (AvgIpc) is 3.17. The fourth-order valence-corrected chi connectivity index (χ4v) is 2.51. The van der Waals surface area contributed by atoms with Crippen molar-refractivity contribution in [3.8, 4) is 11.5 Å². The largest absolute Gasteiger partial charge is 0.497 e. The number of hydrogen-bond acceptors (Lipinski definition) is 9. The fourth-order valence-electron chi connectivity index (χ4n) is 2.51. The van der Waals surface area contributed by atoms with Gasteiger partial charge in [-0.25, -0.2) is 19.0 Å². The quantitative estimate of drug-likeness (QED) is 0.516. The number of hydrogen-bond donors (Lipinski definition) is 2. The van der Waals surface area contributed by atoms with E-state index < -0.39 is 0 Å². The first-order valence-corrected chi connectivity index (χ1v) is 8.18. The Labute approximate surface area is 158 Å². The van der Waals surface area contributed by atoms with Crippen LogP contribution >= 0.6 is 0 Å². The van der Waals surface area contributed by atoms with Crippen LogP contribution in [0.25, 0.3) is 11.3 Å². The zero-order valence-corrected chi connectivity index (χ0v) is 14.9. The van der Waals surface area contributed by atoms with Crippen molar-refractivity contribution >= 4 is 34.3 Å². The highest BCUT2D eigenvalue weighted by molar-refractivity contribution is 5.80. The Morgan fingerprint density at radius 2 is 1.54 bits per heavy atom. The number of fused-ring (bicyclic) bond motifs is 1. The first kappa shape index (κ1) is 17.5. The van der Waals surface area contributed by atoms with Crippen molar-refractivity contribution in [2.75, 3.05) is 24.9 Å². The molecule has 0 aliphatic carbocycles. The van der Waals surface area contributed by atoms with Crippen LogP contribution in [0.1, 0.15) is 0 Å². The molecule has 0 aliphatic heterocycles. The van der Waals surface area contributed by atoms with Crippen molar-refractivity contribution in [1.82, 2.24) is 20.3 Å². The Bertz CT molecular complexity index is 1120. The van der Waals surface area contributed by atoms with Gasteiger partial charge in [0, 0.05) is 11.8 Å². The standard InChI is InChI=1S/C18H15FN6O3/c1-26-12-7-8-13(14(9-12)27-2)21-16-15(20-11-5-3-10(19)4-6-11)22-17-18(23-16)25-28-24-17/h3-9H,1-2H3,(H,20,22,24)(H,21,23,25). The van der Waals surface area contributed by atoms with E-state index >= 15 is 0 Å². The van der Waals surface area contributed by atoms with E-state index in [-0.39, 0.29) is 17.1 Å². The molecule has 0 saturated carbocycles. The van der Waals surface area contributed by atoms with Crippen molar-refractivity contribution in [2.45, 2.75) is 0 Å². The van der Waals surface area contributed by atoms with E-state index in [4.69, 9.17) is 14.1 Å². The first-order valence-electron chi connectivity index (χ1n) is 8.18. The number of nitrogens with one attached hydrogen (secondary N) is 2. The van der Waals surface area contributed by atoms with Crippen molar-refractivity contribution in [3.63, 3.8) is 0 Å². The summed E-state index contributed by atoms with van der Waals surface area (Å²) in [5.41, 5.74) is 1.73. The lowest BCUT2D eigenvalue weighted by Crippen LogP contribution is -2.04. The second kappa shape index (κ2) is 7.35. The van der Waals surface area contributed by atoms with Crippen LogP contribution in [0.5, 0.6) is 11.5 Å². The second-order valence-electron chi connectivity index (χ2n) is 5.66. The molecule has 0 bridgehead atoms. The average molecular weight is 382 g/mol. The highest BCUT2D eigenvalue weighted by atomic mass is 19.1. The van der Waals surface area contributed by atoms with Gasteiger partial charge in [-0.2, -0.15) is 0 Å². The number of ether oxygens (including phenoxy) is 2. The summed E-state index contributed by atoms with van der Waals surface area (Å²) < 4.78 is 28.5. The van der Waals surface area contributed by atoms with Gasteiger partial charge in [-0.05, 0) is 46.7 Å². The summed E-state index contributed by atoms with van der Waals surface area (Å²) in [5, 5.41) is 13.7. The molecule has 9 nitrogen and oxygen atoms in total. The summed E-state index contributed by atoms with van der Waals surface area (Å²) in [6.45, 7) is 0. The molecule has 2 aromatic heterocycles. The highest BCUT2D eigenvalue weighted by Gasteiger charge is 2.15. The Morgan fingerprint density at radius 3 is 2.18 bits per heavy atom. The smallest absolute Gasteiger partial charge is 0.245 e. The number of benzene rings is 2. The number of halogens is 1. The molecule has 28 heavy (non-hydrogen) atoms. The van der Waals surface area contributed by atoms with Crippen molar-refractivity contribution in [1.29, 1.82) is 0 Å². The third-order valence-corrected chi connectivity index (χ3v) is 3.88. The summed E-state index contributed by atoms with van der Waals surface area (Å²) in [6.07, 6.45) is 0. The van der Waals surface area contributed by atoms with Crippen LogP contribution < -0.4 is 20.1 Å². The van der Waals surface area contributed by atoms with E-state index in [2.05, 4.69) is 30.9 Å². The molecule has 10 heteroatoms. The Morgan fingerprint density at radius 1 is 0.857 bits per heavy atom. The lowest BCUT2D eigenvalue weighted by Gasteiger charge is -2.14. The minimum Gasteiger partial charge on any atom is -0.497 e. The van der Waals surface area contributed by atoms with Gasteiger partial charge in [0.05, 0.1) is 19.9 Å². The molecule has 4 rings (SSSR count). The number of anilines is 4. The van der Waals surface area contributed by atoms with Crippen LogP contribution in [0.3, 0.4) is 0 Å². The number of methoxy groups -OCH3 is 2. The summed E-state index contributed by atoms with van der Waals surface area (Å²) in [4.78, 5) is 8.77. The maximum atomic E-state index is 13.2. The molecule has 2 aromatic carbocycles. The van der Waals surface area contributed by atoms with Crippen molar-refractivity contribution in [3.05, 3.63) is 48.3 Å². The fraction of sp³-hybridized carbons (Fsp3) is 0.111. The van der Waals surface area contributed by atoms with Gasteiger partial charge >= 0.3 is 0 Å². The summed E-state index contributed by atoms with van der Waals surface area (Å²) in [5.74, 6) is 1.57. The van der Waals surface area contributed by atoms with Crippen LogP contribution in [-0.2, 0) is 0 Å². The van der Waals surface area contributed by atoms with Crippen LogP contribution in [0.4, 0.5) is 27.4 Å². The van der Waals surface area contributed by atoms with Gasteiger partial charge in [0.1, 0.15) is 17.3 Å². The van der Waals surface area contributed by atoms with E-state index in [1.54, 1.807) is 44.6 Å². The highest BCUT2D eigenvalue weighted by Crippen LogP contribution is 2.33. The molecule has 0 fully saturated rings. The lowest BCUT2D eigenvalue weighted by atomic mass is 10.2. The molecule has 0 radical (unpaired) electrons. The molecule has 2 N–H and O–H groups in total. The van der Waals surface area contributed by atoms with Crippen LogP contribution in [-0.4, -0.2) is 34.5 Å². The van der Waals surface area contributed by atoms with Crippen LogP contribution in [0.2, 0.25) is 0 Å². The Kier molecular flexibility index (Phi) is 4.58. The first-order chi connectivity index (χ1) is 13.7. The maximum Gasteiger partial charge on any atom is 0.245 e. The topological polar surface area (TPSA) is 107 Å². The summed E-state index contributed by atoms with van der Waals surface area (Å²) >= 11 is 0. The zero-order chi connectivity index (χ0) is 19.5. The lowest BCUT2D eigenvalue weighted by molar-refractivity contribution is 0.314. The minimum absolute atomic E-state index is 0.233. The minimum atomic E-state index is -0.339. The van der Waals surface area contributed by atoms with Crippen LogP contribution in [0, 0.1) is 5.82 Å². The van der Waals surface area contributed by atoms with Gasteiger partial charge in [0.2, 0.25) is 11.3 Å². The molecule has 0 atom stereocenters. The number of aromatic nitrogens is 4. The molecular weight excluding hydrogens is 367 g/mol. The van der Waals surface area contributed by atoms with Crippen molar-refractivity contribution < 1.29 is 18.5 Å². The SMILES string of the molecule is COc1ccc(Nc2nc3nonc3nc2Nc2ccc(F)cc2)c(OC)c1. The molecular formula is C18H15FN6O3. The number of nitrogens with zero attached hydrogens (tertiary/aromatic N) is 4. The van der Waals surface area contributed by atoms with E-state index in [9.17, 15) is 4.39 Å². The molecule has 0 unspecified atom stereocenters. The van der Waals surface area contributed by atoms with Crippen molar-refractivity contribution in [2.24, 2.45) is 0 Å². The third-order valence-electron chi connectivity index (χ3n) is 3.88. The summed E-state index contributed by atoms with van der Waals surface area (Å²) in [6, 6.07) is 11.1.